The van der Waals surface area contributed by atoms with Crippen molar-refractivity contribution in [1.29, 1.82) is 0 Å². The van der Waals surface area contributed by atoms with Crippen molar-refractivity contribution in [2.45, 2.75) is 4.90 Å². The summed E-state index contributed by atoms with van der Waals surface area (Å²) in [5, 5.41) is 10.9. The van der Waals surface area contributed by atoms with Crippen LogP contribution in [0.15, 0.2) is 29.2 Å². The first-order chi connectivity index (χ1) is 8.83. The van der Waals surface area contributed by atoms with Crippen LogP contribution in [0, 0.1) is 0 Å². The molecule has 19 heavy (non-hydrogen) atoms. The van der Waals surface area contributed by atoms with Crippen molar-refractivity contribution in [2.75, 3.05) is 13.1 Å². The summed E-state index contributed by atoms with van der Waals surface area (Å²) < 4.78 is 25.7. The minimum absolute atomic E-state index is 0.00524. The first-order valence-electron chi connectivity index (χ1n) is 5.19. The van der Waals surface area contributed by atoms with E-state index >= 15 is 0 Å². The highest BCUT2D eigenvalue weighted by atomic mass is 32.2. The number of benzene rings is 1. The summed E-state index contributed by atoms with van der Waals surface area (Å²) in [5.41, 5.74) is 4.81. The van der Waals surface area contributed by atoms with Crippen LogP contribution in [-0.4, -0.2) is 38.6 Å². The number of nitrogens with one attached hydrogen (secondary N) is 2. The molecule has 0 unspecified atom stereocenters. The Bertz CT molecular complexity index is 567. The smallest absolute Gasteiger partial charge is 0.335 e. The minimum atomic E-state index is -3.74. The summed E-state index contributed by atoms with van der Waals surface area (Å²) in [6.07, 6.45) is 0. The zero-order valence-corrected chi connectivity index (χ0v) is 10.6. The largest absolute Gasteiger partial charge is 0.478 e. The number of carboxylic acid groups (broad SMARTS) is 1. The van der Waals surface area contributed by atoms with E-state index in [1.807, 2.05) is 0 Å². The van der Waals surface area contributed by atoms with Gasteiger partial charge in [-0.25, -0.2) is 22.7 Å². The third-order valence-corrected chi connectivity index (χ3v) is 3.60. The van der Waals surface area contributed by atoms with Crippen LogP contribution < -0.4 is 15.8 Å². The van der Waals surface area contributed by atoms with Gasteiger partial charge >= 0.3 is 12.0 Å². The topological polar surface area (TPSA) is 139 Å². The van der Waals surface area contributed by atoms with Gasteiger partial charge in [-0.1, -0.05) is 0 Å². The van der Waals surface area contributed by atoms with Gasteiger partial charge in [-0.2, -0.15) is 0 Å². The number of carboxylic acids is 1. The van der Waals surface area contributed by atoms with Crippen molar-refractivity contribution in [3.8, 4) is 0 Å². The lowest BCUT2D eigenvalue weighted by Gasteiger charge is -2.07. The van der Waals surface area contributed by atoms with E-state index in [1.54, 1.807) is 0 Å². The molecule has 1 aromatic rings. The van der Waals surface area contributed by atoms with Crippen LogP contribution in [0.3, 0.4) is 0 Å². The molecule has 0 aliphatic carbocycles. The molecule has 0 saturated carbocycles. The third-order valence-electron chi connectivity index (χ3n) is 2.13. The van der Waals surface area contributed by atoms with Crippen molar-refractivity contribution < 1.29 is 23.1 Å². The van der Waals surface area contributed by atoms with Gasteiger partial charge in [0.25, 0.3) is 0 Å². The van der Waals surface area contributed by atoms with Gasteiger partial charge in [0, 0.05) is 13.1 Å². The average Bonchev–Trinajstić information content (AvgIpc) is 2.34. The lowest BCUT2D eigenvalue weighted by Crippen LogP contribution is -2.37. The molecule has 0 fully saturated rings. The average molecular weight is 287 g/mol. The van der Waals surface area contributed by atoms with Gasteiger partial charge in [0.15, 0.2) is 0 Å². The van der Waals surface area contributed by atoms with E-state index in [2.05, 4.69) is 10.0 Å². The van der Waals surface area contributed by atoms with Crippen LogP contribution >= 0.6 is 0 Å². The summed E-state index contributed by atoms with van der Waals surface area (Å²) in [7, 11) is -3.74. The molecular formula is C10H13N3O5S. The Labute approximate surface area is 109 Å². The Hall–Kier alpha value is -2.13. The van der Waals surface area contributed by atoms with Crippen molar-refractivity contribution in [1.82, 2.24) is 10.0 Å². The summed E-state index contributed by atoms with van der Waals surface area (Å²) in [6, 6.07) is 4.02. The van der Waals surface area contributed by atoms with E-state index in [0.717, 1.165) is 0 Å². The van der Waals surface area contributed by atoms with E-state index in [0.29, 0.717) is 0 Å². The fourth-order valence-electron chi connectivity index (χ4n) is 1.23. The van der Waals surface area contributed by atoms with E-state index in [9.17, 15) is 18.0 Å². The number of nitrogens with two attached hydrogens (primary N) is 1. The Morgan fingerprint density at radius 3 is 2.21 bits per heavy atom. The number of sulfonamides is 1. The molecule has 9 heteroatoms. The maximum Gasteiger partial charge on any atom is 0.335 e. The molecule has 0 saturated heterocycles. The molecule has 0 heterocycles. The zero-order valence-electron chi connectivity index (χ0n) is 9.79. The van der Waals surface area contributed by atoms with Crippen LogP contribution in [0.4, 0.5) is 4.79 Å². The molecule has 1 aromatic carbocycles. The first kappa shape index (κ1) is 14.9. The quantitative estimate of drug-likeness (QED) is 0.514. The molecule has 5 N–H and O–H groups in total. The second-order valence-electron chi connectivity index (χ2n) is 3.52. The molecule has 0 spiro atoms. The van der Waals surface area contributed by atoms with Crippen LogP contribution in [0.5, 0.6) is 0 Å². The number of rotatable bonds is 6. The minimum Gasteiger partial charge on any atom is -0.478 e. The van der Waals surface area contributed by atoms with Crippen LogP contribution in [0.2, 0.25) is 0 Å². The van der Waals surface area contributed by atoms with E-state index < -0.39 is 22.0 Å². The zero-order chi connectivity index (χ0) is 14.5. The molecule has 8 nitrogen and oxygen atoms in total. The van der Waals surface area contributed by atoms with Gasteiger partial charge in [0.05, 0.1) is 10.5 Å². The third kappa shape index (κ3) is 4.56. The molecule has 0 aliphatic heterocycles. The Morgan fingerprint density at radius 1 is 1.16 bits per heavy atom. The summed E-state index contributed by atoms with van der Waals surface area (Å²) >= 11 is 0. The lowest BCUT2D eigenvalue weighted by atomic mass is 10.2. The molecule has 0 aliphatic rings. The molecule has 0 bridgehead atoms. The number of hydrogen-bond donors (Lipinski definition) is 4. The van der Waals surface area contributed by atoms with Crippen LogP contribution in [-0.2, 0) is 10.0 Å². The molecule has 0 radical (unpaired) electrons. The molecule has 104 valence electrons. The number of aromatic carboxylic acids is 1. The Kier molecular flexibility index (Phi) is 4.84. The van der Waals surface area contributed by atoms with Crippen molar-refractivity contribution in [2.24, 2.45) is 5.73 Å². The second-order valence-corrected chi connectivity index (χ2v) is 5.29. The van der Waals surface area contributed by atoms with E-state index in [-0.39, 0.29) is 23.5 Å². The fraction of sp³-hybridized carbons (Fsp3) is 0.200. The number of carbonyl (C=O) groups excluding carboxylic acids is 1. The Morgan fingerprint density at radius 2 is 1.74 bits per heavy atom. The van der Waals surface area contributed by atoms with E-state index in [4.69, 9.17) is 10.8 Å². The normalized spacial score (nSPS) is 10.9. The van der Waals surface area contributed by atoms with Gasteiger partial charge in [0.1, 0.15) is 0 Å². The maximum atomic E-state index is 11.8. The summed E-state index contributed by atoms with van der Waals surface area (Å²) in [6.45, 7) is 0.0354. The number of primary amides is 1. The van der Waals surface area contributed by atoms with Gasteiger partial charge in [-0.3, -0.25) is 0 Å². The maximum absolute atomic E-state index is 11.8. The molecule has 2 amide bonds. The van der Waals surface area contributed by atoms with Crippen LogP contribution in [0.25, 0.3) is 0 Å². The molecular weight excluding hydrogens is 274 g/mol. The summed E-state index contributed by atoms with van der Waals surface area (Å²) in [5.74, 6) is -1.14. The molecule has 0 atom stereocenters. The molecule has 0 aromatic heterocycles. The number of carbonyl (C=O) groups is 2. The highest BCUT2D eigenvalue weighted by Gasteiger charge is 2.14. The van der Waals surface area contributed by atoms with E-state index in [1.165, 1.54) is 24.3 Å². The SMILES string of the molecule is NC(=O)NCCNS(=O)(=O)c1ccc(C(=O)O)cc1. The van der Waals surface area contributed by atoms with Gasteiger partial charge in [-0.05, 0) is 24.3 Å². The van der Waals surface area contributed by atoms with Crippen LogP contribution in [0.1, 0.15) is 10.4 Å². The van der Waals surface area contributed by atoms with Crippen molar-refractivity contribution in [3.63, 3.8) is 0 Å². The molecule has 1 rings (SSSR count). The predicted molar refractivity (Wildman–Crippen MR) is 66.2 cm³/mol. The highest BCUT2D eigenvalue weighted by molar-refractivity contribution is 7.89. The first-order valence-corrected chi connectivity index (χ1v) is 6.67. The monoisotopic (exact) mass is 287 g/mol. The van der Waals surface area contributed by atoms with Crippen molar-refractivity contribution >= 4 is 22.0 Å². The van der Waals surface area contributed by atoms with Gasteiger partial charge in [-0.15, -0.1) is 0 Å². The fourth-order valence-corrected chi connectivity index (χ4v) is 2.26. The number of hydrogen-bond acceptors (Lipinski definition) is 4. The Balaban J connectivity index is 2.66. The van der Waals surface area contributed by atoms with Gasteiger partial charge in [0.2, 0.25) is 10.0 Å². The highest BCUT2D eigenvalue weighted by Crippen LogP contribution is 2.10. The summed E-state index contributed by atoms with van der Waals surface area (Å²) in [4.78, 5) is 20.9. The number of amides is 2. The predicted octanol–water partition coefficient (Wildman–Crippen LogP) is -0.669. The standard InChI is InChI=1S/C10H13N3O5S/c11-10(16)12-5-6-13-19(17,18)8-3-1-7(2-4-8)9(14)15/h1-4,13H,5-6H2,(H,14,15)(H3,11,12,16). The lowest BCUT2D eigenvalue weighted by molar-refractivity contribution is 0.0696. The van der Waals surface area contributed by atoms with Crippen molar-refractivity contribution in [3.05, 3.63) is 29.8 Å². The number of urea groups is 1. The van der Waals surface area contributed by atoms with Gasteiger partial charge < -0.3 is 16.2 Å². The second kappa shape index (κ2) is 6.16.